The molecule has 0 N–H and O–H groups in total. The molecule has 0 aromatic heterocycles. The van der Waals surface area contributed by atoms with Gasteiger partial charge in [0, 0.05) is 30.0 Å². The fourth-order valence-corrected chi connectivity index (χ4v) is 2.29. The van der Waals surface area contributed by atoms with Crippen molar-refractivity contribution in [1.82, 2.24) is 9.21 Å². The molecule has 78 valence electrons. The van der Waals surface area contributed by atoms with Crippen LogP contribution in [0.5, 0.6) is 0 Å². The van der Waals surface area contributed by atoms with E-state index >= 15 is 0 Å². The monoisotopic (exact) mass is 204 g/mol. The Morgan fingerprint density at radius 3 is 1.85 bits per heavy atom. The number of hydrogen-bond acceptors (Lipinski definition) is 3. The average molecular weight is 204 g/mol. The van der Waals surface area contributed by atoms with Crippen molar-refractivity contribution in [2.75, 3.05) is 32.4 Å². The highest BCUT2D eigenvalue weighted by Crippen LogP contribution is 2.16. The van der Waals surface area contributed by atoms with Gasteiger partial charge < -0.3 is 4.55 Å². The lowest BCUT2D eigenvalue weighted by molar-refractivity contribution is 0.0924. The molecule has 0 aromatic rings. The number of hydrogen-bond donors (Lipinski definition) is 0. The lowest BCUT2D eigenvalue weighted by atomic mass is 10.1. The van der Waals surface area contributed by atoms with Crippen molar-refractivity contribution in [1.29, 1.82) is 0 Å². The van der Waals surface area contributed by atoms with E-state index in [4.69, 9.17) is 0 Å². The summed E-state index contributed by atoms with van der Waals surface area (Å²) in [6, 6.07) is 0. The number of rotatable bonds is 1. The van der Waals surface area contributed by atoms with E-state index < -0.39 is 11.4 Å². The van der Waals surface area contributed by atoms with Crippen LogP contribution in [0.4, 0.5) is 0 Å². The molecule has 1 aliphatic rings. The van der Waals surface area contributed by atoms with Crippen molar-refractivity contribution in [3.8, 4) is 0 Å². The summed E-state index contributed by atoms with van der Waals surface area (Å²) in [5.41, 5.74) is 0.251. The maximum atomic E-state index is 11.2. The average Bonchev–Trinajstić information content (AvgIpc) is 2.03. The van der Waals surface area contributed by atoms with Gasteiger partial charge in [0.15, 0.2) is 0 Å². The fourth-order valence-electron chi connectivity index (χ4n) is 1.62. The van der Waals surface area contributed by atoms with Gasteiger partial charge in [-0.2, -0.15) is 0 Å². The zero-order valence-electron chi connectivity index (χ0n) is 9.04. The molecule has 1 rings (SSSR count). The van der Waals surface area contributed by atoms with E-state index in [9.17, 15) is 4.55 Å². The van der Waals surface area contributed by atoms with Crippen molar-refractivity contribution in [3.63, 3.8) is 0 Å². The molecule has 0 saturated carbocycles. The molecule has 1 unspecified atom stereocenters. The Balaban J connectivity index is 2.39. The van der Waals surface area contributed by atoms with Crippen molar-refractivity contribution in [3.05, 3.63) is 0 Å². The van der Waals surface area contributed by atoms with Crippen LogP contribution in [0.2, 0.25) is 0 Å². The molecule has 1 atom stereocenters. The first kappa shape index (κ1) is 11.3. The van der Waals surface area contributed by atoms with E-state index in [1.165, 1.54) is 0 Å². The third kappa shape index (κ3) is 3.13. The predicted octanol–water partition coefficient (Wildman–Crippen LogP) is 0.696. The molecule has 0 bridgehead atoms. The SMILES string of the molecule is C[S+]([O-])N1CCN(C(C)(C)C)CC1. The number of piperazine rings is 1. The summed E-state index contributed by atoms with van der Waals surface area (Å²) < 4.78 is 13.2. The second-order valence-electron chi connectivity index (χ2n) is 4.51. The Labute approximate surface area is 84.4 Å². The Morgan fingerprint density at radius 2 is 1.54 bits per heavy atom. The first-order chi connectivity index (χ1) is 5.91. The largest absolute Gasteiger partial charge is 0.598 e. The second-order valence-corrected chi connectivity index (χ2v) is 5.87. The molecule has 1 aliphatic heterocycles. The summed E-state index contributed by atoms with van der Waals surface area (Å²) in [5.74, 6) is 0. The van der Waals surface area contributed by atoms with Crippen LogP contribution in [-0.2, 0) is 11.4 Å². The van der Waals surface area contributed by atoms with E-state index in [2.05, 4.69) is 25.7 Å². The predicted molar refractivity (Wildman–Crippen MR) is 57.0 cm³/mol. The normalized spacial score (nSPS) is 24.7. The van der Waals surface area contributed by atoms with Crippen molar-refractivity contribution < 1.29 is 4.55 Å². The van der Waals surface area contributed by atoms with Crippen molar-refractivity contribution in [2.45, 2.75) is 26.3 Å². The first-order valence-electron chi connectivity index (χ1n) is 4.75. The third-order valence-corrected chi connectivity index (χ3v) is 3.64. The van der Waals surface area contributed by atoms with Crippen LogP contribution in [0.25, 0.3) is 0 Å². The maximum Gasteiger partial charge on any atom is 0.115 e. The molecular formula is C9H20N2OS. The van der Waals surface area contributed by atoms with Gasteiger partial charge in [0.2, 0.25) is 0 Å². The van der Waals surface area contributed by atoms with Crippen LogP contribution < -0.4 is 0 Å². The van der Waals surface area contributed by atoms with Crippen LogP contribution in [0.3, 0.4) is 0 Å². The minimum atomic E-state index is -0.787. The second kappa shape index (κ2) is 4.17. The molecule has 0 aliphatic carbocycles. The zero-order chi connectivity index (χ0) is 10.1. The van der Waals surface area contributed by atoms with E-state index in [0.717, 1.165) is 26.2 Å². The molecule has 0 amide bonds. The van der Waals surface area contributed by atoms with E-state index in [1.807, 2.05) is 4.31 Å². The summed E-state index contributed by atoms with van der Waals surface area (Å²) >= 11 is -0.787. The van der Waals surface area contributed by atoms with Crippen molar-refractivity contribution in [2.24, 2.45) is 0 Å². The Bertz CT molecular complexity index is 159. The van der Waals surface area contributed by atoms with Gasteiger partial charge in [-0.1, -0.05) is 0 Å². The van der Waals surface area contributed by atoms with Gasteiger partial charge in [0.25, 0.3) is 0 Å². The fraction of sp³-hybridized carbons (Fsp3) is 1.00. The Morgan fingerprint density at radius 1 is 1.08 bits per heavy atom. The van der Waals surface area contributed by atoms with Gasteiger partial charge in [0.05, 0.1) is 13.1 Å². The summed E-state index contributed by atoms with van der Waals surface area (Å²) in [6.45, 7) is 10.6. The lowest BCUT2D eigenvalue weighted by Gasteiger charge is -2.41. The highest BCUT2D eigenvalue weighted by Gasteiger charge is 2.28. The molecule has 4 heteroatoms. The molecule has 13 heavy (non-hydrogen) atoms. The smallest absolute Gasteiger partial charge is 0.115 e. The van der Waals surface area contributed by atoms with Crippen LogP contribution in [0.15, 0.2) is 0 Å². The summed E-state index contributed by atoms with van der Waals surface area (Å²) in [6.07, 6.45) is 1.76. The summed E-state index contributed by atoms with van der Waals surface area (Å²) in [4.78, 5) is 2.44. The lowest BCUT2D eigenvalue weighted by Crippen LogP contribution is -2.54. The van der Waals surface area contributed by atoms with Gasteiger partial charge in [-0.05, 0) is 20.8 Å². The quantitative estimate of drug-likeness (QED) is 0.589. The van der Waals surface area contributed by atoms with Crippen LogP contribution in [-0.4, -0.2) is 51.7 Å². The third-order valence-electron chi connectivity index (χ3n) is 2.55. The minimum Gasteiger partial charge on any atom is -0.598 e. The van der Waals surface area contributed by atoms with Crippen LogP contribution >= 0.6 is 0 Å². The molecule has 0 spiro atoms. The molecule has 1 heterocycles. The van der Waals surface area contributed by atoms with E-state index in [0.29, 0.717) is 0 Å². The summed E-state index contributed by atoms with van der Waals surface area (Å²) in [7, 11) is 0. The highest BCUT2D eigenvalue weighted by molar-refractivity contribution is 7.88. The van der Waals surface area contributed by atoms with Crippen molar-refractivity contribution >= 4 is 11.4 Å². The van der Waals surface area contributed by atoms with Gasteiger partial charge >= 0.3 is 0 Å². The molecular weight excluding hydrogens is 184 g/mol. The highest BCUT2D eigenvalue weighted by atomic mass is 32.2. The zero-order valence-corrected chi connectivity index (χ0v) is 9.86. The molecule has 0 radical (unpaired) electrons. The first-order valence-corrected chi connectivity index (χ1v) is 6.26. The molecule has 3 nitrogen and oxygen atoms in total. The topological polar surface area (TPSA) is 29.5 Å². The van der Waals surface area contributed by atoms with Gasteiger partial charge in [-0.25, -0.2) is 0 Å². The molecule has 1 saturated heterocycles. The Hall–Kier alpha value is 0.230. The maximum absolute atomic E-state index is 11.2. The van der Waals surface area contributed by atoms with E-state index in [-0.39, 0.29) is 5.54 Å². The van der Waals surface area contributed by atoms with Gasteiger partial charge in [0.1, 0.15) is 6.26 Å². The Kier molecular flexibility index (Phi) is 3.63. The molecule has 1 fully saturated rings. The van der Waals surface area contributed by atoms with E-state index in [1.54, 1.807) is 6.26 Å². The van der Waals surface area contributed by atoms with Crippen LogP contribution in [0.1, 0.15) is 20.8 Å². The van der Waals surface area contributed by atoms with Gasteiger partial charge in [-0.3, -0.25) is 4.90 Å². The van der Waals surface area contributed by atoms with Gasteiger partial charge in [-0.15, -0.1) is 4.31 Å². The number of nitrogens with zero attached hydrogens (tertiary/aromatic N) is 2. The minimum absolute atomic E-state index is 0.251. The summed E-state index contributed by atoms with van der Waals surface area (Å²) in [5, 5.41) is 0. The standard InChI is InChI=1S/C9H20N2OS/c1-9(2,3)10-5-7-11(8-6-10)13(4)12/h5-8H2,1-4H3. The van der Waals surface area contributed by atoms with Crippen LogP contribution in [0, 0.1) is 0 Å². The molecule has 0 aromatic carbocycles.